The zero-order chi connectivity index (χ0) is 15.6. The average Bonchev–Trinajstić information content (AvgIpc) is 3.06. The van der Waals surface area contributed by atoms with Crippen LogP contribution < -0.4 is 0 Å². The minimum absolute atomic E-state index is 0.159. The van der Waals surface area contributed by atoms with Gasteiger partial charge in [-0.1, -0.05) is 0 Å². The maximum Gasteiger partial charge on any atom is 0.226 e. The van der Waals surface area contributed by atoms with Gasteiger partial charge in [-0.2, -0.15) is 0 Å². The van der Waals surface area contributed by atoms with Gasteiger partial charge in [0.15, 0.2) is 0 Å². The van der Waals surface area contributed by atoms with E-state index in [4.69, 9.17) is 4.98 Å². The van der Waals surface area contributed by atoms with E-state index in [-0.39, 0.29) is 5.92 Å². The van der Waals surface area contributed by atoms with E-state index < -0.39 is 0 Å². The van der Waals surface area contributed by atoms with Crippen LogP contribution in [0, 0.1) is 5.92 Å². The van der Waals surface area contributed by atoms with Crippen LogP contribution in [0.5, 0.6) is 0 Å². The highest BCUT2D eigenvalue weighted by molar-refractivity contribution is 7.15. The van der Waals surface area contributed by atoms with Crippen molar-refractivity contribution >= 4 is 17.2 Å². The van der Waals surface area contributed by atoms with E-state index >= 15 is 0 Å². The third kappa shape index (κ3) is 3.02. The number of hydrogen-bond donors (Lipinski definition) is 0. The molecule has 0 aromatic carbocycles. The summed E-state index contributed by atoms with van der Waals surface area (Å²) >= 11 is 1.75. The van der Waals surface area contributed by atoms with Gasteiger partial charge in [0, 0.05) is 41.8 Å². The van der Waals surface area contributed by atoms with E-state index in [0.717, 1.165) is 55.8 Å². The number of nitrogens with zero attached hydrogens (tertiary/aromatic N) is 3. The minimum Gasteiger partial charge on any atom is -0.342 e. The van der Waals surface area contributed by atoms with Gasteiger partial charge in [-0.05, 0) is 50.7 Å². The predicted octanol–water partition coefficient (Wildman–Crippen LogP) is 3.32. The molecule has 2 aromatic rings. The van der Waals surface area contributed by atoms with E-state index in [0.29, 0.717) is 5.91 Å². The van der Waals surface area contributed by atoms with Crippen molar-refractivity contribution in [2.45, 2.75) is 38.5 Å². The van der Waals surface area contributed by atoms with E-state index in [1.807, 2.05) is 12.1 Å². The van der Waals surface area contributed by atoms with Gasteiger partial charge in [-0.3, -0.25) is 9.78 Å². The van der Waals surface area contributed by atoms with Gasteiger partial charge in [0.2, 0.25) is 5.91 Å². The first-order valence-electron chi connectivity index (χ1n) is 8.49. The monoisotopic (exact) mass is 327 g/mol. The lowest BCUT2D eigenvalue weighted by Crippen LogP contribution is -2.41. The number of rotatable bonds is 2. The van der Waals surface area contributed by atoms with Crippen LogP contribution in [0.1, 0.15) is 36.3 Å². The maximum atomic E-state index is 12.7. The third-order valence-corrected chi connectivity index (χ3v) is 6.05. The largest absolute Gasteiger partial charge is 0.342 e. The molecule has 0 radical (unpaired) electrons. The fraction of sp³-hybridized carbons (Fsp3) is 0.500. The topological polar surface area (TPSA) is 46.1 Å². The lowest BCUT2D eigenvalue weighted by molar-refractivity contribution is -0.136. The third-order valence-electron chi connectivity index (χ3n) is 4.88. The number of aromatic nitrogens is 2. The number of thiazole rings is 1. The smallest absolute Gasteiger partial charge is 0.226 e. The van der Waals surface area contributed by atoms with Gasteiger partial charge in [0.25, 0.3) is 0 Å². The Balaban J connectivity index is 1.51. The van der Waals surface area contributed by atoms with Crippen LogP contribution in [0.2, 0.25) is 0 Å². The lowest BCUT2D eigenvalue weighted by atomic mass is 9.89. The minimum atomic E-state index is 0.159. The first-order valence-corrected chi connectivity index (χ1v) is 9.30. The molecule has 1 saturated heterocycles. The Kier molecular flexibility index (Phi) is 4.12. The second kappa shape index (κ2) is 6.40. The highest BCUT2D eigenvalue weighted by Gasteiger charge is 2.31. The average molecular weight is 327 g/mol. The number of carbonyl (C=O) groups is 1. The molecule has 1 amide bonds. The van der Waals surface area contributed by atoms with Crippen LogP contribution in [0.25, 0.3) is 10.6 Å². The Bertz CT molecular complexity index is 692. The molecule has 2 aromatic heterocycles. The molecule has 4 rings (SSSR count). The van der Waals surface area contributed by atoms with Crippen LogP contribution in [0.3, 0.4) is 0 Å². The molecule has 4 nitrogen and oxygen atoms in total. The molecule has 1 unspecified atom stereocenters. The molecule has 0 saturated carbocycles. The second-order valence-corrected chi connectivity index (χ2v) is 7.53. The predicted molar refractivity (Wildman–Crippen MR) is 91.3 cm³/mol. The van der Waals surface area contributed by atoms with Gasteiger partial charge < -0.3 is 4.90 Å². The quantitative estimate of drug-likeness (QED) is 0.850. The molecule has 120 valence electrons. The molecular formula is C18H21N3OS. The van der Waals surface area contributed by atoms with Crippen LogP contribution in [-0.4, -0.2) is 33.9 Å². The molecule has 1 fully saturated rings. The van der Waals surface area contributed by atoms with Gasteiger partial charge in [-0.25, -0.2) is 4.98 Å². The summed E-state index contributed by atoms with van der Waals surface area (Å²) in [7, 11) is 0. The molecule has 5 heteroatoms. The van der Waals surface area contributed by atoms with Crippen molar-refractivity contribution in [3.63, 3.8) is 0 Å². The van der Waals surface area contributed by atoms with Gasteiger partial charge in [0.1, 0.15) is 5.01 Å². The summed E-state index contributed by atoms with van der Waals surface area (Å²) in [6, 6.07) is 4.00. The van der Waals surface area contributed by atoms with E-state index in [1.54, 1.807) is 23.7 Å². The molecule has 0 spiro atoms. The SMILES string of the molecule is O=C(C1CCc2nc(-c3ccncc3)sc2C1)N1CCCCC1. The van der Waals surface area contributed by atoms with Crippen molar-refractivity contribution in [2.24, 2.45) is 5.92 Å². The number of pyridine rings is 1. The summed E-state index contributed by atoms with van der Waals surface area (Å²) in [6.45, 7) is 1.90. The molecule has 0 N–H and O–H groups in total. The number of amides is 1. The van der Waals surface area contributed by atoms with Gasteiger partial charge in [0.05, 0.1) is 5.69 Å². The summed E-state index contributed by atoms with van der Waals surface area (Å²) in [5.74, 6) is 0.528. The molecule has 1 aliphatic heterocycles. The summed E-state index contributed by atoms with van der Waals surface area (Å²) in [4.78, 5) is 25.0. The Hall–Kier alpha value is -1.75. The van der Waals surface area contributed by atoms with Gasteiger partial charge >= 0.3 is 0 Å². The highest BCUT2D eigenvalue weighted by Crippen LogP contribution is 2.35. The van der Waals surface area contributed by atoms with Crippen LogP contribution >= 0.6 is 11.3 Å². The molecule has 3 heterocycles. The number of fused-ring (bicyclic) bond motifs is 1. The number of piperidine rings is 1. The molecule has 1 aliphatic carbocycles. The molecule has 23 heavy (non-hydrogen) atoms. The van der Waals surface area contributed by atoms with Crippen molar-refractivity contribution in [1.82, 2.24) is 14.9 Å². The fourth-order valence-electron chi connectivity index (χ4n) is 3.58. The lowest BCUT2D eigenvalue weighted by Gasteiger charge is -2.31. The summed E-state index contributed by atoms with van der Waals surface area (Å²) in [5, 5.41) is 1.06. The van der Waals surface area contributed by atoms with Crippen LogP contribution in [0.15, 0.2) is 24.5 Å². The zero-order valence-corrected chi connectivity index (χ0v) is 14.0. The second-order valence-electron chi connectivity index (χ2n) is 6.45. The first kappa shape index (κ1) is 14.8. The molecule has 1 atom stereocenters. The Morgan fingerprint density at radius 3 is 2.74 bits per heavy atom. The zero-order valence-electron chi connectivity index (χ0n) is 13.2. The normalized spacial score (nSPS) is 21.0. The van der Waals surface area contributed by atoms with E-state index in [2.05, 4.69) is 9.88 Å². The standard InChI is InChI=1S/C18H21N3OS/c22-18(21-10-2-1-3-11-21)14-4-5-15-16(12-14)23-17(20-15)13-6-8-19-9-7-13/h6-9,14H,1-5,10-12H2. The molecular weight excluding hydrogens is 306 g/mol. The maximum absolute atomic E-state index is 12.7. The summed E-state index contributed by atoms with van der Waals surface area (Å²) in [6.07, 6.45) is 9.95. The summed E-state index contributed by atoms with van der Waals surface area (Å²) in [5.41, 5.74) is 2.32. The van der Waals surface area contributed by atoms with Crippen molar-refractivity contribution in [3.05, 3.63) is 35.1 Å². The van der Waals surface area contributed by atoms with E-state index in [1.165, 1.54) is 17.0 Å². The fourth-order valence-corrected chi connectivity index (χ4v) is 4.77. The number of hydrogen-bond acceptors (Lipinski definition) is 4. The Morgan fingerprint density at radius 1 is 1.17 bits per heavy atom. The molecule has 2 aliphatic rings. The van der Waals surface area contributed by atoms with Gasteiger partial charge in [-0.15, -0.1) is 11.3 Å². The number of carbonyl (C=O) groups excluding carboxylic acids is 1. The highest BCUT2D eigenvalue weighted by atomic mass is 32.1. The Morgan fingerprint density at radius 2 is 1.96 bits per heavy atom. The van der Waals surface area contributed by atoms with Crippen molar-refractivity contribution < 1.29 is 4.79 Å². The molecule has 0 bridgehead atoms. The Labute approximate surface area is 140 Å². The first-order chi connectivity index (χ1) is 11.3. The van der Waals surface area contributed by atoms with Crippen LogP contribution in [-0.2, 0) is 17.6 Å². The van der Waals surface area contributed by atoms with Crippen LogP contribution in [0.4, 0.5) is 0 Å². The van der Waals surface area contributed by atoms with Crippen molar-refractivity contribution in [3.8, 4) is 10.6 Å². The number of aryl methyl sites for hydroxylation is 1. The number of likely N-dealkylation sites (tertiary alicyclic amines) is 1. The van der Waals surface area contributed by atoms with Crippen molar-refractivity contribution in [2.75, 3.05) is 13.1 Å². The van der Waals surface area contributed by atoms with E-state index in [9.17, 15) is 4.79 Å². The van der Waals surface area contributed by atoms with Crippen molar-refractivity contribution in [1.29, 1.82) is 0 Å². The summed E-state index contributed by atoms with van der Waals surface area (Å²) < 4.78 is 0.